The molecule has 1 saturated heterocycles. The van der Waals surface area contributed by atoms with E-state index in [0.29, 0.717) is 5.92 Å². The molecule has 0 spiro atoms. The van der Waals surface area contributed by atoms with Crippen LogP contribution < -0.4 is 4.90 Å². The van der Waals surface area contributed by atoms with E-state index in [9.17, 15) is 0 Å². The summed E-state index contributed by atoms with van der Waals surface area (Å²) in [6.07, 6.45) is 5.76. The van der Waals surface area contributed by atoms with Gasteiger partial charge in [0.25, 0.3) is 0 Å². The molecule has 1 fully saturated rings. The van der Waals surface area contributed by atoms with Gasteiger partial charge in [-0.1, -0.05) is 18.2 Å². The van der Waals surface area contributed by atoms with Crippen molar-refractivity contribution in [2.45, 2.75) is 19.4 Å². The van der Waals surface area contributed by atoms with Crippen LogP contribution in [-0.2, 0) is 6.54 Å². The summed E-state index contributed by atoms with van der Waals surface area (Å²) >= 11 is 0. The molecule has 0 N–H and O–H groups in total. The highest BCUT2D eigenvalue weighted by atomic mass is 15.3. The van der Waals surface area contributed by atoms with Gasteiger partial charge in [0.1, 0.15) is 18.5 Å². The Labute approximate surface area is 129 Å². The topological polar surface area (TPSA) is 46.8 Å². The average molecular weight is 293 g/mol. The maximum absolute atomic E-state index is 4.80. The Morgan fingerprint density at radius 2 is 1.91 bits per heavy atom. The number of piperidine rings is 1. The first kappa shape index (κ1) is 13.2. The summed E-state index contributed by atoms with van der Waals surface area (Å²) in [5.74, 6) is 1.77. The first-order valence-corrected chi connectivity index (χ1v) is 7.82. The van der Waals surface area contributed by atoms with Gasteiger partial charge in [-0.2, -0.15) is 5.10 Å². The van der Waals surface area contributed by atoms with E-state index in [1.807, 2.05) is 10.7 Å². The largest absolute Gasteiger partial charge is 0.357 e. The highest BCUT2D eigenvalue weighted by molar-refractivity contribution is 5.80. The highest BCUT2D eigenvalue weighted by Crippen LogP contribution is 2.24. The lowest BCUT2D eigenvalue weighted by atomic mass is 9.97. The molecule has 0 bridgehead atoms. The number of benzene rings is 1. The Morgan fingerprint density at radius 3 is 2.73 bits per heavy atom. The third kappa shape index (κ3) is 2.66. The fourth-order valence-electron chi connectivity index (χ4n) is 3.17. The molecule has 0 saturated carbocycles. The summed E-state index contributed by atoms with van der Waals surface area (Å²) in [6.45, 7) is 3.09. The molecule has 1 aliphatic rings. The minimum atomic E-state index is 0.679. The Balaban J connectivity index is 1.43. The van der Waals surface area contributed by atoms with Crippen LogP contribution in [0.25, 0.3) is 10.9 Å². The number of pyridine rings is 1. The van der Waals surface area contributed by atoms with Crippen LogP contribution in [0.5, 0.6) is 0 Å². The van der Waals surface area contributed by atoms with Crippen LogP contribution >= 0.6 is 0 Å². The summed E-state index contributed by atoms with van der Waals surface area (Å²) in [4.78, 5) is 11.2. The van der Waals surface area contributed by atoms with Crippen molar-refractivity contribution in [3.63, 3.8) is 0 Å². The minimum absolute atomic E-state index is 0.679. The molecule has 0 aliphatic carbocycles. The standard InChI is InChI=1S/C17H19N5/c1-2-4-16-15(3-1)5-6-17(20-16)21-9-7-14(8-10-21)11-22-13-18-12-19-22/h1-6,12-14H,7-11H2. The van der Waals surface area contributed by atoms with Gasteiger partial charge in [-0.05, 0) is 37.0 Å². The molecule has 1 aliphatic heterocycles. The van der Waals surface area contributed by atoms with Crippen molar-refractivity contribution in [1.82, 2.24) is 19.7 Å². The van der Waals surface area contributed by atoms with Gasteiger partial charge < -0.3 is 4.90 Å². The molecule has 22 heavy (non-hydrogen) atoms. The van der Waals surface area contributed by atoms with Gasteiger partial charge in [-0.25, -0.2) is 9.97 Å². The maximum Gasteiger partial charge on any atom is 0.137 e. The van der Waals surface area contributed by atoms with Gasteiger partial charge in [0.2, 0.25) is 0 Å². The van der Waals surface area contributed by atoms with E-state index >= 15 is 0 Å². The van der Waals surface area contributed by atoms with Crippen LogP contribution in [0.4, 0.5) is 5.82 Å². The number of para-hydroxylation sites is 1. The number of fused-ring (bicyclic) bond motifs is 1. The second-order valence-corrected chi connectivity index (χ2v) is 5.91. The van der Waals surface area contributed by atoms with E-state index in [4.69, 9.17) is 4.98 Å². The van der Waals surface area contributed by atoms with E-state index in [2.05, 4.69) is 45.3 Å². The van der Waals surface area contributed by atoms with Crippen LogP contribution in [0.1, 0.15) is 12.8 Å². The van der Waals surface area contributed by atoms with Gasteiger partial charge in [0.05, 0.1) is 5.52 Å². The second kappa shape index (κ2) is 5.75. The monoisotopic (exact) mass is 293 g/mol. The van der Waals surface area contributed by atoms with Gasteiger partial charge in [0, 0.05) is 25.0 Å². The normalized spacial score (nSPS) is 16.3. The quantitative estimate of drug-likeness (QED) is 0.745. The lowest BCUT2D eigenvalue weighted by Crippen LogP contribution is -2.35. The molecule has 4 rings (SSSR count). The van der Waals surface area contributed by atoms with Crippen molar-refractivity contribution in [2.75, 3.05) is 18.0 Å². The molecule has 112 valence electrons. The van der Waals surface area contributed by atoms with E-state index < -0.39 is 0 Å². The number of rotatable bonds is 3. The van der Waals surface area contributed by atoms with Crippen LogP contribution in [0.15, 0.2) is 49.1 Å². The first-order valence-electron chi connectivity index (χ1n) is 7.82. The van der Waals surface area contributed by atoms with Gasteiger partial charge in [-0.15, -0.1) is 0 Å². The molecule has 2 aromatic heterocycles. The zero-order chi connectivity index (χ0) is 14.8. The lowest BCUT2D eigenvalue weighted by Gasteiger charge is -2.32. The van der Waals surface area contributed by atoms with Crippen LogP contribution in [0, 0.1) is 5.92 Å². The van der Waals surface area contributed by atoms with Crippen LogP contribution in [-0.4, -0.2) is 32.8 Å². The molecule has 3 aromatic rings. The molecule has 0 amide bonds. The number of anilines is 1. The summed E-state index contributed by atoms with van der Waals surface area (Å²) in [6, 6.07) is 12.6. The van der Waals surface area contributed by atoms with Crippen molar-refractivity contribution in [3.8, 4) is 0 Å². The van der Waals surface area contributed by atoms with Gasteiger partial charge >= 0.3 is 0 Å². The highest BCUT2D eigenvalue weighted by Gasteiger charge is 2.20. The summed E-state index contributed by atoms with van der Waals surface area (Å²) in [5, 5.41) is 5.40. The molecule has 0 radical (unpaired) electrons. The van der Waals surface area contributed by atoms with E-state index in [1.54, 1.807) is 12.7 Å². The summed E-state index contributed by atoms with van der Waals surface area (Å²) in [7, 11) is 0. The zero-order valence-electron chi connectivity index (χ0n) is 12.5. The Hall–Kier alpha value is -2.43. The molecule has 0 unspecified atom stereocenters. The number of hydrogen-bond acceptors (Lipinski definition) is 4. The van der Waals surface area contributed by atoms with Gasteiger partial charge in [0.15, 0.2) is 0 Å². The number of aromatic nitrogens is 4. The van der Waals surface area contributed by atoms with E-state index in [-0.39, 0.29) is 0 Å². The molecule has 1 aromatic carbocycles. The average Bonchev–Trinajstić information content (AvgIpc) is 3.08. The fourth-order valence-corrected chi connectivity index (χ4v) is 3.17. The van der Waals surface area contributed by atoms with Crippen molar-refractivity contribution in [3.05, 3.63) is 49.1 Å². The van der Waals surface area contributed by atoms with Crippen molar-refractivity contribution in [2.24, 2.45) is 5.92 Å². The predicted molar refractivity (Wildman–Crippen MR) is 86.7 cm³/mol. The van der Waals surface area contributed by atoms with E-state index in [1.165, 1.54) is 18.2 Å². The predicted octanol–water partition coefficient (Wildman–Crippen LogP) is 2.74. The fraction of sp³-hybridized carbons (Fsp3) is 0.353. The Morgan fingerprint density at radius 1 is 1.05 bits per heavy atom. The van der Waals surface area contributed by atoms with Crippen LogP contribution in [0.3, 0.4) is 0 Å². The molecular formula is C17H19N5. The Kier molecular flexibility index (Phi) is 3.46. The molecular weight excluding hydrogens is 274 g/mol. The lowest BCUT2D eigenvalue weighted by molar-refractivity contribution is 0.341. The zero-order valence-corrected chi connectivity index (χ0v) is 12.5. The first-order chi connectivity index (χ1) is 10.9. The second-order valence-electron chi connectivity index (χ2n) is 5.91. The summed E-state index contributed by atoms with van der Waals surface area (Å²) < 4.78 is 1.94. The van der Waals surface area contributed by atoms with Gasteiger partial charge in [-0.3, -0.25) is 4.68 Å². The molecule has 5 nitrogen and oxygen atoms in total. The summed E-state index contributed by atoms with van der Waals surface area (Å²) in [5.41, 5.74) is 1.07. The molecule has 3 heterocycles. The smallest absolute Gasteiger partial charge is 0.137 e. The number of nitrogens with zero attached hydrogens (tertiary/aromatic N) is 5. The Bertz CT molecular complexity index is 745. The molecule has 5 heteroatoms. The van der Waals surface area contributed by atoms with Crippen LogP contribution in [0.2, 0.25) is 0 Å². The molecule has 0 atom stereocenters. The van der Waals surface area contributed by atoms with Crippen molar-refractivity contribution in [1.29, 1.82) is 0 Å². The third-order valence-electron chi connectivity index (χ3n) is 4.43. The van der Waals surface area contributed by atoms with E-state index in [0.717, 1.165) is 31.0 Å². The minimum Gasteiger partial charge on any atom is -0.357 e. The maximum atomic E-state index is 4.80. The number of hydrogen-bond donors (Lipinski definition) is 0. The third-order valence-corrected chi connectivity index (χ3v) is 4.43. The SMILES string of the molecule is c1ccc2nc(N3CCC(Cn4cncn4)CC3)ccc2c1. The van der Waals surface area contributed by atoms with Crippen molar-refractivity contribution < 1.29 is 0 Å². The van der Waals surface area contributed by atoms with Crippen molar-refractivity contribution >= 4 is 16.7 Å².